The molecule has 4 aromatic rings. The van der Waals surface area contributed by atoms with Crippen LogP contribution in [0.3, 0.4) is 0 Å². The second kappa shape index (κ2) is 10.3. The van der Waals surface area contributed by atoms with Crippen molar-refractivity contribution in [3.8, 4) is 5.69 Å². The zero-order chi connectivity index (χ0) is 27.0. The van der Waals surface area contributed by atoms with Gasteiger partial charge in [0, 0.05) is 24.2 Å². The van der Waals surface area contributed by atoms with Gasteiger partial charge in [-0.3, -0.25) is 14.1 Å². The SMILES string of the molecule is CC[C@H](NC(=O)c1cncc2c1cnn2-c1ccc(F)cc1)C1=CN(S(=O)(=O)c2ccc(C)cc2)C(Br)C1. The van der Waals surface area contributed by atoms with Gasteiger partial charge in [-0.2, -0.15) is 5.10 Å². The smallest absolute Gasteiger partial charge is 0.264 e. The topological polar surface area (TPSA) is 97.2 Å². The van der Waals surface area contributed by atoms with Crippen LogP contribution >= 0.6 is 15.9 Å². The molecule has 38 heavy (non-hydrogen) atoms. The van der Waals surface area contributed by atoms with Gasteiger partial charge in [0.05, 0.1) is 40.1 Å². The number of aryl methyl sites for hydroxylation is 1. The Balaban J connectivity index is 1.40. The van der Waals surface area contributed by atoms with Crippen LogP contribution in [0.4, 0.5) is 4.39 Å². The first-order valence-corrected chi connectivity index (χ1v) is 14.4. The quantitative estimate of drug-likeness (QED) is 0.237. The van der Waals surface area contributed by atoms with Crippen LogP contribution in [-0.4, -0.2) is 44.4 Å². The summed E-state index contributed by atoms with van der Waals surface area (Å²) in [7, 11) is -3.76. The maximum absolute atomic E-state index is 13.4. The van der Waals surface area contributed by atoms with E-state index in [1.54, 1.807) is 59.7 Å². The highest BCUT2D eigenvalue weighted by Gasteiger charge is 2.35. The summed E-state index contributed by atoms with van der Waals surface area (Å²) in [4.78, 5) is 17.4. The van der Waals surface area contributed by atoms with E-state index in [-0.39, 0.29) is 22.7 Å². The van der Waals surface area contributed by atoms with Crippen molar-refractivity contribution in [3.63, 3.8) is 0 Å². The summed E-state index contributed by atoms with van der Waals surface area (Å²) in [6, 6.07) is 12.2. The van der Waals surface area contributed by atoms with Crippen molar-refractivity contribution in [1.29, 1.82) is 0 Å². The lowest BCUT2D eigenvalue weighted by molar-refractivity contribution is 0.0942. The molecule has 196 valence electrons. The number of benzene rings is 2. The molecule has 0 spiro atoms. The maximum Gasteiger partial charge on any atom is 0.264 e. The number of amides is 1. The number of fused-ring (bicyclic) bond motifs is 1. The van der Waals surface area contributed by atoms with Crippen LogP contribution in [0.15, 0.2) is 83.8 Å². The third-order valence-corrected chi connectivity index (χ3v) is 9.36. The van der Waals surface area contributed by atoms with Crippen LogP contribution in [0, 0.1) is 12.7 Å². The Bertz CT molecular complexity index is 1640. The van der Waals surface area contributed by atoms with E-state index in [0.29, 0.717) is 35.0 Å². The molecule has 3 heterocycles. The van der Waals surface area contributed by atoms with Crippen LogP contribution in [0.2, 0.25) is 0 Å². The van der Waals surface area contributed by atoms with E-state index in [4.69, 9.17) is 0 Å². The highest BCUT2D eigenvalue weighted by molar-refractivity contribution is 9.09. The van der Waals surface area contributed by atoms with Gasteiger partial charge < -0.3 is 5.32 Å². The van der Waals surface area contributed by atoms with Crippen LogP contribution < -0.4 is 5.32 Å². The Labute approximate surface area is 228 Å². The number of pyridine rings is 1. The predicted molar refractivity (Wildman–Crippen MR) is 146 cm³/mol. The Morgan fingerprint density at radius 1 is 1.13 bits per heavy atom. The Kier molecular flexibility index (Phi) is 7.06. The molecule has 0 fully saturated rings. The number of rotatable bonds is 7. The lowest BCUT2D eigenvalue weighted by Crippen LogP contribution is -2.35. The first-order chi connectivity index (χ1) is 18.2. The number of carbonyl (C=O) groups is 1. The molecule has 2 atom stereocenters. The number of alkyl halides is 1. The van der Waals surface area contributed by atoms with Gasteiger partial charge in [0.2, 0.25) is 0 Å². The van der Waals surface area contributed by atoms with Crippen molar-refractivity contribution in [2.75, 3.05) is 0 Å². The summed E-state index contributed by atoms with van der Waals surface area (Å²) in [6.07, 6.45) is 7.25. The fourth-order valence-electron chi connectivity index (χ4n) is 4.47. The summed E-state index contributed by atoms with van der Waals surface area (Å²) in [5.41, 5.74) is 3.35. The van der Waals surface area contributed by atoms with E-state index in [9.17, 15) is 17.6 Å². The van der Waals surface area contributed by atoms with E-state index < -0.39 is 15.0 Å². The molecule has 11 heteroatoms. The van der Waals surface area contributed by atoms with Gasteiger partial charge in [0.15, 0.2) is 0 Å². The second-order valence-corrected chi connectivity index (χ2v) is 12.0. The number of hydrogen-bond acceptors (Lipinski definition) is 5. The third kappa shape index (κ3) is 4.83. The third-order valence-electron chi connectivity index (χ3n) is 6.54. The average molecular weight is 598 g/mol. The van der Waals surface area contributed by atoms with Gasteiger partial charge in [0.25, 0.3) is 15.9 Å². The molecule has 1 aliphatic rings. The summed E-state index contributed by atoms with van der Waals surface area (Å²) >= 11 is 3.50. The molecule has 8 nitrogen and oxygen atoms in total. The van der Waals surface area contributed by atoms with Crippen LogP contribution in [0.25, 0.3) is 16.6 Å². The molecule has 0 aliphatic carbocycles. The minimum atomic E-state index is -3.76. The highest BCUT2D eigenvalue weighted by Crippen LogP contribution is 2.34. The van der Waals surface area contributed by atoms with Crippen molar-refractivity contribution in [2.24, 2.45) is 0 Å². The molecule has 0 radical (unpaired) electrons. The molecular formula is C27H25BrFN5O3S. The molecule has 2 aromatic heterocycles. The molecular weight excluding hydrogens is 573 g/mol. The van der Waals surface area contributed by atoms with Crippen molar-refractivity contribution < 1.29 is 17.6 Å². The highest BCUT2D eigenvalue weighted by atomic mass is 79.9. The fourth-order valence-corrected chi connectivity index (χ4v) is 6.99. The van der Waals surface area contributed by atoms with Gasteiger partial charge in [-0.25, -0.2) is 17.5 Å². The summed E-state index contributed by atoms with van der Waals surface area (Å²) in [6.45, 7) is 3.83. The largest absolute Gasteiger partial charge is 0.345 e. The Hall–Kier alpha value is -3.57. The van der Waals surface area contributed by atoms with E-state index in [0.717, 1.165) is 11.1 Å². The molecule has 0 bridgehead atoms. The van der Waals surface area contributed by atoms with Crippen molar-refractivity contribution in [3.05, 3.63) is 95.8 Å². The minimum absolute atomic E-state index is 0.207. The molecule has 1 unspecified atom stereocenters. The van der Waals surface area contributed by atoms with E-state index in [1.165, 1.54) is 22.6 Å². The molecule has 1 aliphatic heterocycles. The molecule has 0 saturated heterocycles. The predicted octanol–water partition coefficient (Wildman–Crippen LogP) is 5.08. The van der Waals surface area contributed by atoms with E-state index >= 15 is 0 Å². The number of carbonyl (C=O) groups excluding carboxylic acids is 1. The lowest BCUT2D eigenvalue weighted by atomic mass is 10.0. The van der Waals surface area contributed by atoms with Gasteiger partial charge in [0.1, 0.15) is 10.8 Å². The minimum Gasteiger partial charge on any atom is -0.345 e. The molecule has 0 saturated carbocycles. The van der Waals surface area contributed by atoms with Gasteiger partial charge in [-0.1, -0.05) is 40.5 Å². The number of nitrogens with one attached hydrogen (secondary N) is 1. The molecule has 1 N–H and O–H groups in total. The second-order valence-electron chi connectivity index (χ2n) is 9.08. The molecule has 1 amide bonds. The number of halogens is 2. The van der Waals surface area contributed by atoms with Crippen molar-refractivity contribution >= 4 is 42.8 Å². The van der Waals surface area contributed by atoms with Crippen molar-refractivity contribution in [1.82, 2.24) is 24.4 Å². The van der Waals surface area contributed by atoms with E-state index in [2.05, 4.69) is 31.3 Å². The molecule has 2 aromatic carbocycles. The average Bonchev–Trinajstić information content (AvgIpc) is 3.52. The standard InChI is InChI=1S/C27H25BrFN5O3S/c1-3-24(18-12-26(28)33(16-18)38(36,37)21-10-4-17(2)5-11-21)32-27(35)23-13-30-15-25-22(23)14-31-34(25)20-8-6-19(29)7-9-20/h4-11,13-16,24,26H,3,12H2,1-2H3,(H,32,35)/t24-,26?/m0/s1. The van der Waals surface area contributed by atoms with Gasteiger partial charge in [-0.15, -0.1) is 0 Å². The number of hydrogen-bond donors (Lipinski definition) is 1. The van der Waals surface area contributed by atoms with Gasteiger partial charge >= 0.3 is 0 Å². The number of aromatic nitrogens is 3. The normalized spacial score (nSPS) is 16.5. The fraction of sp³-hybridized carbons (Fsp3) is 0.222. The lowest BCUT2D eigenvalue weighted by Gasteiger charge is -2.20. The van der Waals surface area contributed by atoms with Crippen LogP contribution in [0.5, 0.6) is 0 Å². The van der Waals surface area contributed by atoms with E-state index in [1.807, 2.05) is 13.8 Å². The van der Waals surface area contributed by atoms with Crippen molar-refractivity contribution in [2.45, 2.75) is 42.6 Å². The summed E-state index contributed by atoms with van der Waals surface area (Å²) < 4.78 is 42.8. The zero-order valence-electron chi connectivity index (χ0n) is 20.7. The Morgan fingerprint density at radius 2 is 1.84 bits per heavy atom. The van der Waals surface area contributed by atoms with Crippen LogP contribution in [-0.2, 0) is 10.0 Å². The summed E-state index contributed by atoms with van der Waals surface area (Å²) in [5.74, 6) is -0.702. The maximum atomic E-state index is 13.4. The first kappa shape index (κ1) is 26.1. The summed E-state index contributed by atoms with van der Waals surface area (Å²) in [5, 5.41) is 8.01. The van der Waals surface area contributed by atoms with Gasteiger partial charge in [-0.05, 0) is 55.3 Å². The Morgan fingerprint density at radius 3 is 2.53 bits per heavy atom. The molecule has 5 rings (SSSR count). The van der Waals surface area contributed by atoms with Crippen LogP contribution in [0.1, 0.15) is 35.7 Å². The first-order valence-electron chi connectivity index (χ1n) is 12.0. The number of nitrogens with zero attached hydrogens (tertiary/aromatic N) is 4. The monoisotopic (exact) mass is 597 g/mol. The number of sulfonamides is 1. The zero-order valence-corrected chi connectivity index (χ0v) is 23.1.